The van der Waals surface area contributed by atoms with Crippen molar-refractivity contribution in [1.82, 2.24) is 20.6 Å². The van der Waals surface area contributed by atoms with Crippen LogP contribution in [0.15, 0.2) is 136 Å². The highest BCUT2D eigenvalue weighted by molar-refractivity contribution is 5.73. The molecule has 0 bridgehead atoms. The standard InChI is InChI=1S/C31H34N2O6.C22H27N3O4/c1-31(2,3)39-30(36)32-19-22-15-13-21(14-16-22)17-24(18-27(34)37-20-23-9-5-4-6-10-23)28(35)29-33-25-11-7-8-12-26(25)38-29;1-22(2,3)29-21(27)24-13-15-10-8-14(9-11-15)12-16(23)19(26)20-25-17-6-4-5-7-18(17)28-20/h4-16,24,28,35H,17-20H2,1-3H3,(H,32,36);4-11,16,19,26H,12-13,23H2,1-3H3,(H,24,27)/t24-,28?;16-,19?/m10/s1. The normalized spacial score (nSPS) is 13.4. The van der Waals surface area contributed by atoms with Crippen LogP contribution in [-0.2, 0) is 51.5 Å². The van der Waals surface area contributed by atoms with Gasteiger partial charge < -0.3 is 49.6 Å². The summed E-state index contributed by atoms with van der Waals surface area (Å²) in [4.78, 5) is 45.2. The molecule has 0 radical (unpaired) electrons. The number of aliphatic hydroxyl groups excluding tert-OH is 2. The molecule has 0 aliphatic heterocycles. The highest BCUT2D eigenvalue weighted by atomic mass is 16.6. The predicted molar refractivity (Wildman–Crippen MR) is 257 cm³/mol. The number of hydrogen-bond donors (Lipinski definition) is 5. The van der Waals surface area contributed by atoms with E-state index in [0.717, 1.165) is 27.8 Å². The second kappa shape index (κ2) is 23.1. The van der Waals surface area contributed by atoms with Gasteiger partial charge in [-0.25, -0.2) is 19.6 Å². The molecular formula is C53H61N5O10. The van der Waals surface area contributed by atoms with Crippen molar-refractivity contribution in [2.75, 3.05) is 0 Å². The number of rotatable bonds is 16. The number of alkyl carbamates (subject to hydrolysis) is 2. The number of nitrogens with zero attached hydrogens (tertiary/aromatic N) is 2. The molecule has 0 saturated carbocycles. The van der Waals surface area contributed by atoms with E-state index in [-0.39, 0.29) is 24.8 Å². The first kappa shape index (κ1) is 50.3. The Balaban J connectivity index is 0.000000234. The molecule has 0 aliphatic carbocycles. The van der Waals surface area contributed by atoms with Crippen LogP contribution in [-0.4, -0.2) is 55.6 Å². The topological polar surface area (TPSA) is 222 Å². The zero-order valence-electron chi connectivity index (χ0n) is 39.3. The fourth-order valence-corrected chi connectivity index (χ4v) is 6.97. The number of nitrogens with one attached hydrogen (secondary N) is 2. The summed E-state index contributed by atoms with van der Waals surface area (Å²) in [5.74, 6) is -0.573. The third-order valence-corrected chi connectivity index (χ3v) is 10.3. The Morgan fingerprint density at radius 2 is 1.00 bits per heavy atom. The Hall–Kier alpha value is -7.07. The molecule has 0 fully saturated rings. The van der Waals surface area contributed by atoms with Gasteiger partial charge in [0.15, 0.2) is 11.2 Å². The van der Waals surface area contributed by atoms with E-state index in [0.29, 0.717) is 48.1 Å². The maximum Gasteiger partial charge on any atom is 0.407 e. The van der Waals surface area contributed by atoms with Gasteiger partial charge in [0.1, 0.15) is 41.1 Å². The number of oxazole rings is 2. The smallest absolute Gasteiger partial charge is 0.407 e. The fraction of sp³-hybridized carbons (Fsp3) is 0.340. The third kappa shape index (κ3) is 15.8. The molecule has 0 spiro atoms. The van der Waals surface area contributed by atoms with E-state index in [1.807, 2.05) is 157 Å². The first-order chi connectivity index (χ1) is 32.4. The van der Waals surface area contributed by atoms with Crippen LogP contribution in [0.25, 0.3) is 22.2 Å². The SMILES string of the molecule is CC(C)(C)OC(=O)NCc1ccc(C[C@H](CC(=O)OCc2ccccc2)C(O)c2nc3ccccc3o2)cc1.CC(C)(C)OC(=O)NCc1ccc(C[C@H](N)C(O)c2nc3ccccc3o2)cc1. The largest absolute Gasteiger partial charge is 0.461 e. The van der Waals surface area contributed by atoms with Crippen LogP contribution >= 0.6 is 0 Å². The van der Waals surface area contributed by atoms with Gasteiger partial charge in [-0.3, -0.25) is 4.79 Å². The maximum atomic E-state index is 12.8. The molecule has 5 aromatic carbocycles. The molecule has 0 saturated heterocycles. The van der Waals surface area contributed by atoms with Crippen molar-refractivity contribution < 1.29 is 47.6 Å². The van der Waals surface area contributed by atoms with E-state index in [2.05, 4.69) is 20.6 Å². The lowest BCUT2D eigenvalue weighted by Crippen LogP contribution is -2.32. The number of esters is 1. The van der Waals surface area contributed by atoms with Crippen LogP contribution in [0.4, 0.5) is 9.59 Å². The van der Waals surface area contributed by atoms with Crippen molar-refractivity contribution in [3.8, 4) is 0 Å². The molecule has 7 rings (SSSR count). The maximum absolute atomic E-state index is 12.8. The molecule has 2 amide bonds. The summed E-state index contributed by atoms with van der Waals surface area (Å²) in [6.45, 7) is 11.7. The van der Waals surface area contributed by atoms with Gasteiger partial charge in [0.05, 0.1) is 6.42 Å². The molecule has 0 aliphatic rings. The van der Waals surface area contributed by atoms with E-state index >= 15 is 0 Å². The zero-order valence-corrected chi connectivity index (χ0v) is 39.3. The molecule has 358 valence electrons. The number of carbonyl (C=O) groups is 3. The summed E-state index contributed by atoms with van der Waals surface area (Å²) in [5, 5.41) is 27.2. The zero-order chi connectivity index (χ0) is 48.8. The number of amides is 2. The number of nitrogens with two attached hydrogens (primary N) is 1. The summed E-state index contributed by atoms with van der Waals surface area (Å²) in [6.07, 6.45) is -2.23. The van der Waals surface area contributed by atoms with Crippen LogP contribution in [0.2, 0.25) is 0 Å². The van der Waals surface area contributed by atoms with Crippen molar-refractivity contribution in [2.45, 2.75) is 110 Å². The van der Waals surface area contributed by atoms with Crippen molar-refractivity contribution in [1.29, 1.82) is 0 Å². The number of aromatic nitrogens is 2. The molecule has 68 heavy (non-hydrogen) atoms. The first-order valence-corrected chi connectivity index (χ1v) is 22.5. The van der Waals surface area contributed by atoms with Gasteiger partial charge in [-0.15, -0.1) is 0 Å². The van der Waals surface area contributed by atoms with E-state index < -0.39 is 53.5 Å². The first-order valence-electron chi connectivity index (χ1n) is 22.5. The van der Waals surface area contributed by atoms with E-state index in [9.17, 15) is 24.6 Å². The minimum atomic E-state index is -1.12. The lowest BCUT2D eigenvalue weighted by molar-refractivity contribution is -0.147. The minimum Gasteiger partial charge on any atom is -0.461 e. The van der Waals surface area contributed by atoms with Crippen LogP contribution in [0.1, 0.15) is 99.8 Å². The number of benzene rings is 5. The monoisotopic (exact) mass is 927 g/mol. The predicted octanol–water partition coefficient (Wildman–Crippen LogP) is 9.33. The number of ether oxygens (including phenoxy) is 3. The molecule has 2 aromatic heterocycles. The summed E-state index contributed by atoms with van der Waals surface area (Å²) >= 11 is 0. The third-order valence-electron chi connectivity index (χ3n) is 10.3. The van der Waals surface area contributed by atoms with Gasteiger partial charge in [-0.05, 0) is 106 Å². The summed E-state index contributed by atoms with van der Waals surface area (Å²) in [5.41, 5.74) is 12.2. The minimum absolute atomic E-state index is 0.0192. The van der Waals surface area contributed by atoms with E-state index in [4.69, 9.17) is 28.8 Å². The number of hydrogen-bond acceptors (Lipinski definition) is 13. The summed E-state index contributed by atoms with van der Waals surface area (Å²) < 4.78 is 27.4. The molecule has 7 aromatic rings. The second-order valence-corrected chi connectivity index (χ2v) is 18.5. The number of para-hydroxylation sites is 4. The van der Waals surface area contributed by atoms with Gasteiger partial charge in [0.2, 0.25) is 11.8 Å². The van der Waals surface area contributed by atoms with Crippen molar-refractivity contribution in [2.24, 2.45) is 11.7 Å². The Morgan fingerprint density at radius 1 is 0.574 bits per heavy atom. The molecule has 2 heterocycles. The van der Waals surface area contributed by atoms with E-state index in [1.165, 1.54) is 0 Å². The number of aliphatic hydroxyl groups is 2. The Kier molecular flexibility index (Phi) is 17.1. The Morgan fingerprint density at radius 3 is 1.47 bits per heavy atom. The van der Waals surface area contributed by atoms with Crippen molar-refractivity contribution in [3.05, 3.63) is 167 Å². The lowest BCUT2D eigenvalue weighted by Gasteiger charge is -2.21. The molecular weight excluding hydrogens is 867 g/mol. The van der Waals surface area contributed by atoms with Gasteiger partial charge in [0, 0.05) is 25.0 Å². The lowest BCUT2D eigenvalue weighted by atomic mass is 9.90. The van der Waals surface area contributed by atoms with E-state index in [1.54, 1.807) is 12.1 Å². The highest BCUT2D eigenvalue weighted by Gasteiger charge is 2.29. The van der Waals surface area contributed by atoms with Gasteiger partial charge in [-0.2, -0.15) is 0 Å². The highest BCUT2D eigenvalue weighted by Crippen LogP contribution is 2.31. The average Bonchev–Trinajstić information content (AvgIpc) is 3.94. The number of fused-ring (bicyclic) bond motifs is 2. The Labute approximate surface area is 396 Å². The van der Waals surface area contributed by atoms with Gasteiger partial charge >= 0.3 is 18.2 Å². The van der Waals surface area contributed by atoms with Crippen molar-refractivity contribution >= 4 is 40.4 Å². The molecule has 6 N–H and O–H groups in total. The molecule has 15 nitrogen and oxygen atoms in total. The molecule has 2 unspecified atom stereocenters. The number of carbonyl (C=O) groups excluding carboxylic acids is 3. The van der Waals surface area contributed by atoms with Gasteiger partial charge in [0.25, 0.3) is 0 Å². The Bertz CT molecular complexity index is 2640. The van der Waals surface area contributed by atoms with Crippen molar-refractivity contribution in [3.63, 3.8) is 0 Å². The quantitative estimate of drug-likeness (QED) is 0.0451. The fourth-order valence-electron chi connectivity index (χ4n) is 6.97. The van der Waals surface area contributed by atoms with Crippen LogP contribution < -0.4 is 16.4 Å². The molecule has 15 heteroatoms. The average molecular weight is 928 g/mol. The second-order valence-electron chi connectivity index (χ2n) is 18.5. The van der Waals surface area contributed by atoms with Crippen LogP contribution in [0, 0.1) is 5.92 Å². The summed E-state index contributed by atoms with van der Waals surface area (Å²) in [6, 6.07) is 38.7. The van der Waals surface area contributed by atoms with Crippen LogP contribution in [0.3, 0.4) is 0 Å². The van der Waals surface area contributed by atoms with Gasteiger partial charge in [-0.1, -0.05) is 103 Å². The van der Waals surface area contributed by atoms with Crippen LogP contribution in [0.5, 0.6) is 0 Å². The molecule has 4 atom stereocenters. The summed E-state index contributed by atoms with van der Waals surface area (Å²) in [7, 11) is 0.